The number of aliphatic carboxylic acids is 1. The Balaban J connectivity index is 2.04. The highest BCUT2D eigenvalue weighted by Gasteiger charge is 2.33. The smallest absolute Gasteiger partial charge is 0.353 e. The molecule has 1 unspecified atom stereocenters. The summed E-state index contributed by atoms with van der Waals surface area (Å²) in [6, 6.07) is 6.91. The lowest BCUT2D eigenvalue weighted by molar-refractivity contribution is -0.129. The summed E-state index contributed by atoms with van der Waals surface area (Å²) in [5, 5.41) is 12.2. The predicted molar refractivity (Wildman–Crippen MR) is 71.0 cm³/mol. The number of hydrogen-bond acceptors (Lipinski definition) is 5. The number of methoxy groups -OCH3 is 1. The van der Waals surface area contributed by atoms with Gasteiger partial charge < -0.3 is 19.6 Å². The summed E-state index contributed by atoms with van der Waals surface area (Å²) in [5.41, 5.74) is 0.509. The van der Waals surface area contributed by atoms with Gasteiger partial charge >= 0.3 is 5.97 Å². The molecule has 106 valence electrons. The molecule has 20 heavy (non-hydrogen) atoms. The zero-order valence-corrected chi connectivity index (χ0v) is 11.1. The van der Waals surface area contributed by atoms with Crippen molar-refractivity contribution in [3.8, 4) is 5.75 Å². The Kier molecular flexibility index (Phi) is 3.88. The normalized spacial score (nSPS) is 17.1. The lowest BCUT2D eigenvalue weighted by Gasteiger charge is -2.20. The Bertz CT molecular complexity index is 552. The Hall–Kier alpha value is -2.57. The molecule has 1 heterocycles. The Labute approximate surface area is 115 Å². The topological polar surface area (TPSA) is 88.4 Å². The number of carboxylic acid groups (broad SMARTS) is 1. The number of ether oxygens (including phenoxy) is 1. The van der Waals surface area contributed by atoms with Gasteiger partial charge in [0, 0.05) is 19.2 Å². The van der Waals surface area contributed by atoms with Gasteiger partial charge in [-0.2, -0.15) is 0 Å². The lowest BCUT2D eigenvalue weighted by Crippen LogP contribution is -2.37. The van der Waals surface area contributed by atoms with E-state index in [-0.39, 0.29) is 18.0 Å². The van der Waals surface area contributed by atoms with E-state index in [1.807, 2.05) is 0 Å². The highest BCUT2D eigenvalue weighted by atomic mass is 16.6. The summed E-state index contributed by atoms with van der Waals surface area (Å²) < 4.78 is 5.04. The number of oxime groups is 1. The Morgan fingerprint density at radius 2 is 2.05 bits per heavy atom. The fourth-order valence-corrected chi connectivity index (χ4v) is 1.79. The molecular weight excluding hydrogens is 264 g/mol. The number of carboxylic acids is 1. The molecule has 0 saturated heterocycles. The second-order valence-electron chi connectivity index (χ2n) is 4.24. The van der Waals surface area contributed by atoms with Crippen molar-refractivity contribution < 1.29 is 24.3 Å². The number of benzene rings is 1. The maximum Gasteiger partial charge on any atom is 0.353 e. The second kappa shape index (κ2) is 5.60. The number of amides is 1. The van der Waals surface area contributed by atoms with E-state index in [2.05, 4.69) is 5.16 Å². The van der Waals surface area contributed by atoms with Gasteiger partial charge in [0.2, 0.25) is 6.10 Å². The second-order valence-corrected chi connectivity index (χ2v) is 4.24. The molecule has 7 nitrogen and oxygen atoms in total. The van der Waals surface area contributed by atoms with Crippen LogP contribution >= 0.6 is 0 Å². The van der Waals surface area contributed by atoms with Crippen LogP contribution in [0.5, 0.6) is 5.75 Å². The van der Waals surface area contributed by atoms with Crippen molar-refractivity contribution in [3.05, 3.63) is 24.3 Å². The maximum absolute atomic E-state index is 12.2. The quantitative estimate of drug-likeness (QED) is 0.883. The first-order valence-corrected chi connectivity index (χ1v) is 5.90. The van der Waals surface area contributed by atoms with E-state index >= 15 is 0 Å². The number of anilines is 1. The van der Waals surface area contributed by atoms with Crippen LogP contribution in [0.4, 0.5) is 5.69 Å². The molecule has 1 atom stereocenters. The molecule has 1 aliphatic heterocycles. The summed E-state index contributed by atoms with van der Waals surface area (Å²) in [7, 11) is 3.15. The van der Waals surface area contributed by atoms with E-state index in [0.717, 1.165) is 0 Å². The highest BCUT2D eigenvalue weighted by molar-refractivity contribution is 6.36. The van der Waals surface area contributed by atoms with Crippen LogP contribution in [0, 0.1) is 0 Å². The zero-order valence-electron chi connectivity index (χ0n) is 11.1. The van der Waals surface area contributed by atoms with Crippen LogP contribution in [0.15, 0.2) is 29.4 Å². The van der Waals surface area contributed by atoms with Crippen LogP contribution in [0.25, 0.3) is 0 Å². The van der Waals surface area contributed by atoms with E-state index in [0.29, 0.717) is 11.4 Å². The molecule has 0 aromatic heterocycles. The van der Waals surface area contributed by atoms with Gasteiger partial charge in [0.15, 0.2) is 5.71 Å². The fraction of sp³-hybridized carbons (Fsp3) is 0.308. The van der Waals surface area contributed by atoms with Crippen LogP contribution in [-0.2, 0) is 14.4 Å². The maximum atomic E-state index is 12.2. The van der Waals surface area contributed by atoms with Crippen LogP contribution in [-0.4, -0.2) is 43.0 Å². The third-order valence-corrected chi connectivity index (χ3v) is 2.98. The van der Waals surface area contributed by atoms with Gasteiger partial charge in [-0.3, -0.25) is 4.79 Å². The molecule has 0 radical (unpaired) electrons. The summed E-state index contributed by atoms with van der Waals surface area (Å²) in [6.07, 6.45) is -0.928. The van der Waals surface area contributed by atoms with Crippen molar-refractivity contribution in [2.75, 3.05) is 19.1 Å². The summed E-state index contributed by atoms with van der Waals surface area (Å²) >= 11 is 0. The van der Waals surface area contributed by atoms with Crippen molar-refractivity contribution in [1.82, 2.24) is 0 Å². The van der Waals surface area contributed by atoms with Gasteiger partial charge in [-0.25, -0.2) is 4.79 Å². The molecule has 1 aromatic carbocycles. The van der Waals surface area contributed by atoms with Crippen molar-refractivity contribution in [2.45, 2.75) is 12.5 Å². The number of carbonyl (C=O) groups excluding carboxylic acids is 1. The van der Waals surface area contributed by atoms with E-state index in [1.54, 1.807) is 38.4 Å². The van der Waals surface area contributed by atoms with E-state index in [1.165, 1.54) is 4.90 Å². The third-order valence-electron chi connectivity index (χ3n) is 2.98. The standard InChI is InChI=1S/C13H14N2O5/c1-15(8-3-5-9(19-2)6-4-8)12(16)11-7-10(13(17)18)14-20-11/h3-6,11H,7H2,1-2H3,(H,17,18). The van der Waals surface area contributed by atoms with Crippen LogP contribution in [0.1, 0.15) is 6.42 Å². The highest BCUT2D eigenvalue weighted by Crippen LogP contribution is 2.21. The minimum Gasteiger partial charge on any atom is -0.497 e. The molecule has 0 fully saturated rings. The van der Waals surface area contributed by atoms with Crippen LogP contribution in [0.3, 0.4) is 0 Å². The average Bonchev–Trinajstić information content (AvgIpc) is 2.96. The first-order valence-electron chi connectivity index (χ1n) is 5.90. The van der Waals surface area contributed by atoms with E-state index < -0.39 is 12.1 Å². The summed E-state index contributed by atoms with van der Waals surface area (Å²) in [5.74, 6) is -0.842. The molecule has 0 bridgehead atoms. The number of carbonyl (C=O) groups is 2. The summed E-state index contributed by atoms with van der Waals surface area (Å²) in [6.45, 7) is 0. The van der Waals surface area contributed by atoms with Gasteiger partial charge in [0.1, 0.15) is 5.75 Å². The van der Waals surface area contributed by atoms with E-state index in [4.69, 9.17) is 14.7 Å². The average molecular weight is 278 g/mol. The molecule has 1 amide bonds. The lowest BCUT2D eigenvalue weighted by atomic mass is 10.1. The van der Waals surface area contributed by atoms with Gasteiger partial charge in [0.05, 0.1) is 7.11 Å². The minimum absolute atomic E-state index is 0.0331. The molecule has 1 aromatic rings. The molecule has 7 heteroatoms. The molecule has 2 rings (SSSR count). The Morgan fingerprint density at radius 1 is 1.40 bits per heavy atom. The fourth-order valence-electron chi connectivity index (χ4n) is 1.79. The first-order chi connectivity index (χ1) is 9.52. The van der Waals surface area contributed by atoms with Crippen molar-refractivity contribution in [2.24, 2.45) is 5.16 Å². The molecule has 0 spiro atoms. The van der Waals surface area contributed by atoms with Crippen molar-refractivity contribution >= 4 is 23.3 Å². The van der Waals surface area contributed by atoms with Gasteiger partial charge in [0.25, 0.3) is 5.91 Å². The number of rotatable bonds is 4. The van der Waals surface area contributed by atoms with Gasteiger partial charge in [-0.1, -0.05) is 5.16 Å². The zero-order chi connectivity index (χ0) is 14.7. The predicted octanol–water partition coefficient (Wildman–Crippen LogP) is 0.887. The molecular formula is C13H14N2O5. The number of hydrogen-bond donors (Lipinski definition) is 1. The number of nitrogens with zero attached hydrogens (tertiary/aromatic N) is 2. The minimum atomic E-state index is -1.17. The largest absolute Gasteiger partial charge is 0.497 e. The van der Waals surface area contributed by atoms with Gasteiger partial charge in [-0.15, -0.1) is 0 Å². The van der Waals surface area contributed by atoms with E-state index in [9.17, 15) is 9.59 Å². The molecule has 1 aliphatic rings. The van der Waals surface area contributed by atoms with Crippen LogP contribution in [0.2, 0.25) is 0 Å². The summed E-state index contributed by atoms with van der Waals surface area (Å²) in [4.78, 5) is 29.2. The number of likely N-dealkylation sites (N-methyl/N-ethyl adjacent to an activating group) is 1. The molecule has 0 saturated carbocycles. The molecule has 1 N–H and O–H groups in total. The van der Waals surface area contributed by atoms with Crippen LogP contribution < -0.4 is 9.64 Å². The Morgan fingerprint density at radius 3 is 2.55 bits per heavy atom. The monoisotopic (exact) mass is 278 g/mol. The first kappa shape index (κ1) is 13.9. The third kappa shape index (κ3) is 2.71. The molecule has 0 aliphatic carbocycles. The SMILES string of the molecule is COc1ccc(N(C)C(=O)C2CC(C(=O)O)=NO2)cc1. The van der Waals surface area contributed by atoms with Crippen molar-refractivity contribution in [1.29, 1.82) is 0 Å². The van der Waals surface area contributed by atoms with Gasteiger partial charge in [-0.05, 0) is 24.3 Å². The van der Waals surface area contributed by atoms with Crippen molar-refractivity contribution in [3.63, 3.8) is 0 Å².